The predicted molar refractivity (Wildman–Crippen MR) is 99.0 cm³/mol. The van der Waals surface area contributed by atoms with Crippen LogP contribution < -0.4 is 10.6 Å². The summed E-state index contributed by atoms with van der Waals surface area (Å²) < 4.78 is 31.5. The first-order chi connectivity index (χ1) is 13.5. The molecular formula is C20H18F2N2O4. The summed E-state index contributed by atoms with van der Waals surface area (Å²) in [6, 6.07) is 12.3. The highest BCUT2D eigenvalue weighted by Gasteiger charge is 2.13. The van der Waals surface area contributed by atoms with Crippen LogP contribution in [0.15, 0.2) is 54.6 Å². The Balaban J connectivity index is 1.66. The van der Waals surface area contributed by atoms with Crippen molar-refractivity contribution in [1.82, 2.24) is 5.32 Å². The molecule has 2 aromatic carbocycles. The fourth-order valence-electron chi connectivity index (χ4n) is 2.09. The van der Waals surface area contributed by atoms with Gasteiger partial charge in [-0.1, -0.05) is 36.4 Å². The molecule has 0 aliphatic heterocycles. The Kier molecular flexibility index (Phi) is 7.83. The van der Waals surface area contributed by atoms with Gasteiger partial charge in [0.1, 0.15) is 17.3 Å². The van der Waals surface area contributed by atoms with E-state index >= 15 is 0 Å². The summed E-state index contributed by atoms with van der Waals surface area (Å²) >= 11 is 0. The zero-order valence-corrected chi connectivity index (χ0v) is 14.8. The summed E-state index contributed by atoms with van der Waals surface area (Å²) in [5.41, 5.74) is 0.246. The molecule has 0 spiro atoms. The largest absolute Gasteiger partial charge is 0.456 e. The van der Waals surface area contributed by atoms with E-state index in [0.717, 1.165) is 23.8 Å². The molecule has 0 bridgehead atoms. The number of anilines is 1. The van der Waals surface area contributed by atoms with E-state index in [9.17, 15) is 23.2 Å². The molecule has 28 heavy (non-hydrogen) atoms. The summed E-state index contributed by atoms with van der Waals surface area (Å²) in [4.78, 5) is 34.8. The first kappa shape index (κ1) is 20.8. The van der Waals surface area contributed by atoms with Gasteiger partial charge in [0.15, 0.2) is 6.61 Å². The first-order valence-electron chi connectivity index (χ1n) is 8.36. The zero-order valence-electron chi connectivity index (χ0n) is 14.8. The number of nitrogens with one attached hydrogen (secondary N) is 2. The van der Waals surface area contributed by atoms with E-state index in [-0.39, 0.29) is 18.9 Å². The van der Waals surface area contributed by atoms with Crippen LogP contribution in [0.1, 0.15) is 12.0 Å². The van der Waals surface area contributed by atoms with E-state index < -0.39 is 35.8 Å². The normalized spacial score (nSPS) is 10.5. The Morgan fingerprint density at radius 1 is 0.964 bits per heavy atom. The number of benzene rings is 2. The molecule has 0 saturated heterocycles. The lowest BCUT2D eigenvalue weighted by molar-refractivity contribution is -0.147. The van der Waals surface area contributed by atoms with Gasteiger partial charge in [-0.2, -0.15) is 0 Å². The van der Waals surface area contributed by atoms with Gasteiger partial charge in [-0.25, -0.2) is 8.78 Å². The van der Waals surface area contributed by atoms with Gasteiger partial charge in [-0.3, -0.25) is 14.4 Å². The maximum absolute atomic E-state index is 13.4. The minimum absolute atomic E-state index is 0.0142. The minimum Gasteiger partial charge on any atom is -0.456 e. The third-order valence-corrected chi connectivity index (χ3v) is 3.45. The third kappa shape index (κ3) is 6.99. The molecule has 0 aliphatic carbocycles. The number of para-hydroxylation sites is 1. The average molecular weight is 388 g/mol. The molecule has 0 saturated carbocycles. The summed E-state index contributed by atoms with van der Waals surface area (Å²) in [7, 11) is 0. The maximum atomic E-state index is 13.4. The molecule has 2 aromatic rings. The molecule has 0 unspecified atom stereocenters. The van der Waals surface area contributed by atoms with E-state index in [2.05, 4.69) is 5.32 Å². The van der Waals surface area contributed by atoms with Gasteiger partial charge in [-0.15, -0.1) is 0 Å². The monoisotopic (exact) mass is 388 g/mol. The van der Waals surface area contributed by atoms with Crippen LogP contribution in [0.2, 0.25) is 0 Å². The number of esters is 1. The zero-order chi connectivity index (χ0) is 20.4. The van der Waals surface area contributed by atoms with Crippen molar-refractivity contribution in [2.75, 3.05) is 18.5 Å². The van der Waals surface area contributed by atoms with Crippen molar-refractivity contribution in [3.63, 3.8) is 0 Å². The fourth-order valence-corrected chi connectivity index (χ4v) is 2.09. The average Bonchev–Trinajstić information content (AvgIpc) is 2.68. The van der Waals surface area contributed by atoms with Crippen molar-refractivity contribution >= 4 is 29.5 Å². The molecule has 0 fully saturated rings. The molecule has 6 nitrogen and oxygen atoms in total. The second kappa shape index (κ2) is 10.6. The van der Waals surface area contributed by atoms with Crippen LogP contribution in [0.3, 0.4) is 0 Å². The van der Waals surface area contributed by atoms with Gasteiger partial charge in [0, 0.05) is 12.6 Å². The van der Waals surface area contributed by atoms with Crippen LogP contribution >= 0.6 is 0 Å². The number of halogens is 2. The molecular weight excluding hydrogens is 370 g/mol. The van der Waals surface area contributed by atoms with Crippen LogP contribution in [-0.4, -0.2) is 30.9 Å². The SMILES string of the molecule is O=C(/C=C/c1ccccc1)NCCC(=O)OCC(=O)Nc1c(F)cccc1F. The summed E-state index contributed by atoms with van der Waals surface area (Å²) in [5.74, 6) is -3.88. The van der Waals surface area contributed by atoms with Crippen LogP contribution in [0.25, 0.3) is 6.08 Å². The maximum Gasteiger partial charge on any atom is 0.308 e. The summed E-state index contributed by atoms with van der Waals surface area (Å²) in [5, 5.41) is 4.50. The smallest absolute Gasteiger partial charge is 0.308 e. The fraction of sp³-hybridized carbons (Fsp3) is 0.150. The van der Waals surface area contributed by atoms with Gasteiger partial charge < -0.3 is 15.4 Å². The Labute approximate surface area is 160 Å². The molecule has 2 amide bonds. The lowest BCUT2D eigenvalue weighted by Gasteiger charge is -2.08. The molecule has 0 aromatic heterocycles. The van der Waals surface area contributed by atoms with Crippen LogP contribution in [0, 0.1) is 11.6 Å². The molecule has 146 valence electrons. The molecule has 8 heteroatoms. The number of rotatable bonds is 8. The lowest BCUT2D eigenvalue weighted by atomic mass is 10.2. The lowest BCUT2D eigenvalue weighted by Crippen LogP contribution is -2.26. The molecule has 0 heterocycles. The Morgan fingerprint density at radius 2 is 1.64 bits per heavy atom. The van der Waals surface area contributed by atoms with Gasteiger partial charge in [0.05, 0.1) is 6.42 Å². The molecule has 2 rings (SSSR count). The highest BCUT2D eigenvalue weighted by molar-refractivity contribution is 5.93. The van der Waals surface area contributed by atoms with Crippen molar-refractivity contribution in [1.29, 1.82) is 0 Å². The number of hydrogen-bond donors (Lipinski definition) is 2. The topological polar surface area (TPSA) is 84.5 Å². The minimum atomic E-state index is -0.939. The van der Waals surface area contributed by atoms with E-state index in [0.29, 0.717) is 0 Å². The molecule has 2 N–H and O–H groups in total. The summed E-state index contributed by atoms with van der Waals surface area (Å²) in [6.07, 6.45) is 2.79. The van der Waals surface area contributed by atoms with Crippen molar-refractivity contribution in [3.05, 3.63) is 71.8 Å². The number of hydrogen-bond acceptors (Lipinski definition) is 4. The number of amides is 2. The molecule has 0 aliphatic rings. The standard InChI is InChI=1S/C20H18F2N2O4/c21-15-7-4-8-16(22)20(15)24-18(26)13-28-19(27)11-12-23-17(25)10-9-14-5-2-1-3-6-14/h1-10H,11-13H2,(H,23,25)(H,24,26)/b10-9+. The van der Waals surface area contributed by atoms with Gasteiger partial charge in [0.25, 0.3) is 5.91 Å². The number of carbonyl (C=O) groups excluding carboxylic acids is 3. The Hall–Kier alpha value is -3.55. The highest BCUT2D eigenvalue weighted by atomic mass is 19.1. The summed E-state index contributed by atoms with van der Waals surface area (Å²) in [6.45, 7) is -0.686. The quantitative estimate of drug-likeness (QED) is 0.538. The van der Waals surface area contributed by atoms with Gasteiger partial charge >= 0.3 is 5.97 Å². The first-order valence-corrected chi connectivity index (χ1v) is 8.36. The van der Waals surface area contributed by atoms with Crippen LogP contribution in [-0.2, 0) is 19.1 Å². The predicted octanol–water partition coefficient (Wildman–Crippen LogP) is 2.67. The molecule has 0 radical (unpaired) electrons. The highest BCUT2D eigenvalue weighted by Crippen LogP contribution is 2.17. The Morgan fingerprint density at radius 3 is 2.32 bits per heavy atom. The van der Waals surface area contributed by atoms with E-state index in [1.165, 1.54) is 6.08 Å². The second-order valence-electron chi connectivity index (χ2n) is 5.59. The van der Waals surface area contributed by atoms with Crippen molar-refractivity contribution in [3.8, 4) is 0 Å². The van der Waals surface area contributed by atoms with Crippen LogP contribution in [0.5, 0.6) is 0 Å². The van der Waals surface area contributed by atoms with Crippen molar-refractivity contribution in [2.24, 2.45) is 0 Å². The second-order valence-corrected chi connectivity index (χ2v) is 5.59. The van der Waals surface area contributed by atoms with Crippen molar-refractivity contribution < 1.29 is 27.9 Å². The van der Waals surface area contributed by atoms with E-state index in [1.54, 1.807) is 6.08 Å². The van der Waals surface area contributed by atoms with Crippen LogP contribution in [0.4, 0.5) is 14.5 Å². The number of ether oxygens (including phenoxy) is 1. The van der Waals surface area contributed by atoms with E-state index in [1.807, 2.05) is 35.6 Å². The van der Waals surface area contributed by atoms with Crippen molar-refractivity contribution in [2.45, 2.75) is 6.42 Å². The van der Waals surface area contributed by atoms with E-state index in [4.69, 9.17) is 4.74 Å². The van der Waals surface area contributed by atoms with Gasteiger partial charge in [-0.05, 0) is 23.8 Å². The molecule has 0 atom stereocenters. The third-order valence-electron chi connectivity index (χ3n) is 3.45. The number of carbonyl (C=O) groups is 3. The Bertz CT molecular complexity index is 850. The van der Waals surface area contributed by atoms with Gasteiger partial charge in [0.2, 0.25) is 5.91 Å².